The highest BCUT2D eigenvalue weighted by atomic mass is 15.0. The molecule has 0 atom stereocenters. The highest BCUT2D eigenvalue weighted by molar-refractivity contribution is 6.12. The van der Waals surface area contributed by atoms with Gasteiger partial charge in [0.15, 0.2) is 5.69 Å². The normalized spacial score (nSPS) is 11.3. The first-order valence-electron chi connectivity index (χ1n) is 15.9. The largest absolute Gasteiger partial charge is 0.310 e. The monoisotopic (exact) mass is 610 g/mol. The lowest BCUT2D eigenvalue weighted by atomic mass is 9.93. The summed E-state index contributed by atoms with van der Waals surface area (Å²) in [6, 6.07) is 56.7. The molecule has 2 aromatic heterocycles. The van der Waals surface area contributed by atoms with Crippen LogP contribution in [0.1, 0.15) is 5.56 Å². The zero-order chi connectivity index (χ0) is 32.2. The summed E-state index contributed by atoms with van der Waals surface area (Å²) in [7, 11) is 0. The summed E-state index contributed by atoms with van der Waals surface area (Å²) < 4.78 is 4.55. The van der Waals surface area contributed by atoms with Crippen LogP contribution in [0.25, 0.3) is 82.1 Å². The fraction of sp³-hybridized carbons (Fsp3) is 0. The summed E-state index contributed by atoms with van der Waals surface area (Å²) in [5.41, 5.74) is 11.8. The summed E-state index contributed by atoms with van der Waals surface area (Å²) >= 11 is 0. The molecule has 0 aliphatic rings. The summed E-state index contributed by atoms with van der Waals surface area (Å²) in [4.78, 5) is 3.83. The van der Waals surface area contributed by atoms with E-state index in [1.54, 1.807) is 0 Å². The number of para-hydroxylation sites is 3. The van der Waals surface area contributed by atoms with Gasteiger partial charge in [0.25, 0.3) is 0 Å². The molecule has 9 rings (SSSR count). The Kier molecular flexibility index (Phi) is 6.22. The molecule has 2 heterocycles. The number of nitriles is 1. The van der Waals surface area contributed by atoms with Gasteiger partial charge in [0.05, 0.1) is 40.3 Å². The third kappa shape index (κ3) is 4.07. The Morgan fingerprint density at radius 3 is 1.81 bits per heavy atom. The van der Waals surface area contributed by atoms with Crippen molar-refractivity contribution in [2.75, 3.05) is 0 Å². The molecule has 222 valence electrons. The summed E-state index contributed by atoms with van der Waals surface area (Å²) in [6.07, 6.45) is 0. The standard InChI is InChI=1S/C44H26N4/c1-46-31-24-25-37(43(27-31)48-39-20-7-4-17-35(39)36-18-5-8-21-40(36)48)34-16-3-2-15-33(34)29-12-10-14-32(26-29)47-41-22-9-6-19-38(41)44-30(28-45)13-11-23-42(44)47/h2-27H. The van der Waals surface area contributed by atoms with Crippen molar-refractivity contribution in [2.24, 2.45) is 0 Å². The topological polar surface area (TPSA) is 38.0 Å². The van der Waals surface area contributed by atoms with Gasteiger partial charge >= 0.3 is 0 Å². The molecule has 0 unspecified atom stereocenters. The molecule has 0 radical (unpaired) electrons. The van der Waals surface area contributed by atoms with E-state index < -0.39 is 0 Å². The van der Waals surface area contributed by atoms with Gasteiger partial charge in [-0.2, -0.15) is 5.26 Å². The maximum absolute atomic E-state index is 9.97. The van der Waals surface area contributed by atoms with E-state index in [4.69, 9.17) is 6.57 Å². The van der Waals surface area contributed by atoms with Crippen LogP contribution in [0.3, 0.4) is 0 Å². The van der Waals surface area contributed by atoms with Gasteiger partial charge in [-0.05, 0) is 65.2 Å². The first kappa shape index (κ1) is 27.4. The second-order valence-electron chi connectivity index (χ2n) is 11.9. The molecule has 7 aromatic carbocycles. The first-order chi connectivity index (χ1) is 23.7. The van der Waals surface area contributed by atoms with Crippen molar-refractivity contribution in [3.8, 4) is 39.7 Å². The van der Waals surface area contributed by atoms with Gasteiger partial charge < -0.3 is 9.13 Å². The minimum Gasteiger partial charge on any atom is -0.310 e. The van der Waals surface area contributed by atoms with Crippen LogP contribution in [-0.4, -0.2) is 9.13 Å². The van der Waals surface area contributed by atoms with Crippen LogP contribution in [0.5, 0.6) is 0 Å². The van der Waals surface area contributed by atoms with Crippen molar-refractivity contribution < 1.29 is 0 Å². The Hall–Kier alpha value is -6.88. The van der Waals surface area contributed by atoms with E-state index in [1.807, 2.05) is 36.4 Å². The van der Waals surface area contributed by atoms with Crippen molar-refractivity contribution in [1.29, 1.82) is 5.26 Å². The van der Waals surface area contributed by atoms with Crippen LogP contribution in [0.4, 0.5) is 5.69 Å². The van der Waals surface area contributed by atoms with E-state index in [0.29, 0.717) is 11.3 Å². The van der Waals surface area contributed by atoms with Gasteiger partial charge in [0, 0.05) is 38.5 Å². The van der Waals surface area contributed by atoms with Crippen molar-refractivity contribution in [3.05, 3.63) is 175 Å². The summed E-state index contributed by atoms with van der Waals surface area (Å²) in [5.74, 6) is 0. The molecule has 4 nitrogen and oxygen atoms in total. The third-order valence-electron chi connectivity index (χ3n) is 9.38. The Balaban J connectivity index is 1.28. The minimum atomic E-state index is 0.596. The van der Waals surface area contributed by atoms with Gasteiger partial charge in [-0.1, -0.05) is 109 Å². The van der Waals surface area contributed by atoms with Crippen molar-refractivity contribution >= 4 is 49.3 Å². The van der Waals surface area contributed by atoms with Gasteiger partial charge in [0.2, 0.25) is 0 Å². The van der Waals surface area contributed by atoms with Crippen LogP contribution in [0.2, 0.25) is 0 Å². The lowest BCUT2D eigenvalue weighted by molar-refractivity contribution is 1.18. The van der Waals surface area contributed by atoms with E-state index in [0.717, 1.165) is 66.5 Å². The molecule has 0 spiro atoms. The Morgan fingerprint density at radius 2 is 1.10 bits per heavy atom. The number of nitrogens with zero attached hydrogens (tertiary/aromatic N) is 4. The lowest BCUT2D eigenvalue weighted by Gasteiger charge is -2.18. The van der Waals surface area contributed by atoms with Crippen LogP contribution >= 0.6 is 0 Å². The molecule has 0 saturated heterocycles. The maximum atomic E-state index is 9.97. The molecule has 48 heavy (non-hydrogen) atoms. The highest BCUT2D eigenvalue weighted by Crippen LogP contribution is 2.42. The Bertz CT molecular complexity index is 2760. The number of fused-ring (bicyclic) bond motifs is 6. The number of hydrogen-bond donors (Lipinski definition) is 0. The zero-order valence-electron chi connectivity index (χ0n) is 25.8. The number of benzene rings is 7. The molecule has 4 heteroatoms. The zero-order valence-corrected chi connectivity index (χ0v) is 25.8. The molecule has 0 N–H and O–H groups in total. The van der Waals surface area contributed by atoms with Crippen LogP contribution in [0.15, 0.2) is 158 Å². The van der Waals surface area contributed by atoms with Crippen molar-refractivity contribution in [1.82, 2.24) is 9.13 Å². The minimum absolute atomic E-state index is 0.596. The van der Waals surface area contributed by atoms with Crippen molar-refractivity contribution in [2.45, 2.75) is 0 Å². The van der Waals surface area contributed by atoms with Crippen LogP contribution < -0.4 is 0 Å². The first-order valence-corrected chi connectivity index (χ1v) is 15.9. The molecule has 0 aliphatic heterocycles. The van der Waals surface area contributed by atoms with E-state index >= 15 is 0 Å². The van der Waals surface area contributed by atoms with Gasteiger partial charge in [-0.25, -0.2) is 4.85 Å². The molecule has 0 bridgehead atoms. The van der Waals surface area contributed by atoms with Gasteiger partial charge in [0.1, 0.15) is 0 Å². The molecular formula is C44H26N4. The smallest absolute Gasteiger partial charge is 0.189 e. The predicted octanol–water partition coefficient (Wildman–Crippen LogP) is 11.6. The quantitative estimate of drug-likeness (QED) is 0.183. The fourth-order valence-corrected chi connectivity index (χ4v) is 7.36. The summed E-state index contributed by atoms with van der Waals surface area (Å²) in [6.45, 7) is 7.87. The lowest BCUT2D eigenvalue weighted by Crippen LogP contribution is -1.98. The Labute approximate surface area is 277 Å². The third-order valence-corrected chi connectivity index (χ3v) is 9.38. The van der Waals surface area contributed by atoms with Crippen molar-refractivity contribution in [3.63, 3.8) is 0 Å². The van der Waals surface area contributed by atoms with Crippen LogP contribution in [0, 0.1) is 17.9 Å². The average Bonchev–Trinajstić information content (AvgIpc) is 3.68. The van der Waals surface area contributed by atoms with Gasteiger partial charge in [-0.15, -0.1) is 0 Å². The number of rotatable bonds is 4. The highest BCUT2D eigenvalue weighted by Gasteiger charge is 2.19. The predicted molar refractivity (Wildman–Crippen MR) is 197 cm³/mol. The second-order valence-corrected chi connectivity index (χ2v) is 11.9. The summed E-state index contributed by atoms with van der Waals surface area (Å²) in [5, 5.41) is 14.4. The molecule has 0 saturated carbocycles. The van der Waals surface area contributed by atoms with E-state index in [2.05, 4.69) is 141 Å². The Morgan fingerprint density at radius 1 is 0.500 bits per heavy atom. The molecule has 0 amide bonds. The maximum Gasteiger partial charge on any atom is 0.189 e. The fourth-order valence-electron chi connectivity index (χ4n) is 7.36. The van der Waals surface area contributed by atoms with Crippen LogP contribution in [-0.2, 0) is 0 Å². The van der Waals surface area contributed by atoms with E-state index in [-0.39, 0.29) is 0 Å². The molecule has 9 aromatic rings. The number of hydrogen-bond acceptors (Lipinski definition) is 1. The second kappa shape index (κ2) is 10.9. The molecular weight excluding hydrogens is 585 g/mol. The number of aromatic nitrogens is 2. The average molecular weight is 611 g/mol. The van der Waals surface area contributed by atoms with E-state index in [9.17, 15) is 5.26 Å². The van der Waals surface area contributed by atoms with Gasteiger partial charge in [-0.3, -0.25) is 0 Å². The molecule has 0 fully saturated rings. The van der Waals surface area contributed by atoms with E-state index in [1.165, 1.54) is 10.8 Å². The SMILES string of the molecule is [C-]#[N+]c1ccc(-c2ccccc2-c2cccc(-n3c4ccccc4c4c(C#N)cccc43)c2)c(-n2c3ccccc3c3ccccc32)c1. The molecule has 0 aliphatic carbocycles.